The van der Waals surface area contributed by atoms with E-state index in [1.54, 1.807) is 0 Å². The first-order chi connectivity index (χ1) is 18.4. The van der Waals surface area contributed by atoms with Crippen molar-refractivity contribution < 1.29 is 52.1 Å². The standard InChI is InChI=1S/C26H54O11/c1-3-5-27-7-9-29-11-13-31-15-17-33-19-21-35-23-25-37-26-24-36-22-20-34-18-16-32-14-12-30-10-8-28-6-4-2/h3-26H2,1-2H3. The molecule has 11 nitrogen and oxygen atoms in total. The lowest BCUT2D eigenvalue weighted by Crippen LogP contribution is -2.15. The summed E-state index contributed by atoms with van der Waals surface area (Å²) in [5.74, 6) is 0. The van der Waals surface area contributed by atoms with Crippen LogP contribution in [0.15, 0.2) is 0 Å². The molecule has 0 unspecified atom stereocenters. The van der Waals surface area contributed by atoms with E-state index in [-0.39, 0.29) is 0 Å². The van der Waals surface area contributed by atoms with E-state index in [0.29, 0.717) is 132 Å². The maximum atomic E-state index is 5.46. The molecule has 0 rings (SSSR count). The number of ether oxygens (including phenoxy) is 11. The third kappa shape index (κ3) is 35.6. The van der Waals surface area contributed by atoms with Crippen LogP contribution in [-0.4, -0.2) is 145 Å². The van der Waals surface area contributed by atoms with Gasteiger partial charge in [0.25, 0.3) is 0 Å². The summed E-state index contributed by atoms with van der Waals surface area (Å²) in [7, 11) is 0. The lowest BCUT2D eigenvalue weighted by Gasteiger charge is -2.09. The highest BCUT2D eigenvalue weighted by Crippen LogP contribution is 1.87. The molecular formula is C26H54O11. The van der Waals surface area contributed by atoms with Crippen molar-refractivity contribution in [2.75, 3.05) is 145 Å². The van der Waals surface area contributed by atoms with Gasteiger partial charge in [-0.25, -0.2) is 0 Å². The molecule has 0 heterocycles. The summed E-state index contributed by atoms with van der Waals surface area (Å²) in [6.45, 7) is 16.9. The molecular weight excluding hydrogens is 488 g/mol. The van der Waals surface area contributed by atoms with Crippen LogP contribution < -0.4 is 0 Å². The van der Waals surface area contributed by atoms with Gasteiger partial charge in [-0.3, -0.25) is 0 Å². The molecule has 0 aliphatic carbocycles. The molecule has 0 aromatic rings. The average Bonchev–Trinajstić information content (AvgIpc) is 2.91. The first kappa shape index (κ1) is 36.6. The van der Waals surface area contributed by atoms with Gasteiger partial charge in [0.2, 0.25) is 0 Å². The second kappa shape index (κ2) is 35.6. The number of hydrogen-bond donors (Lipinski definition) is 0. The third-order valence-electron chi connectivity index (χ3n) is 4.42. The predicted octanol–water partition coefficient (Wildman–Crippen LogP) is 1.99. The fraction of sp³-hybridized carbons (Fsp3) is 1.00. The molecule has 0 N–H and O–H groups in total. The van der Waals surface area contributed by atoms with Gasteiger partial charge in [-0.15, -0.1) is 0 Å². The molecule has 0 spiro atoms. The SMILES string of the molecule is CCCOCCOCCOCCOCCOCCOCCOCCOCCOCCOCCOCCC. The third-order valence-corrected chi connectivity index (χ3v) is 4.42. The minimum atomic E-state index is 0.527. The molecule has 37 heavy (non-hydrogen) atoms. The van der Waals surface area contributed by atoms with E-state index in [9.17, 15) is 0 Å². The Hall–Kier alpha value is -0.440. The van der Waals surface area contributed by atoms with E-state index >= 15 is 0 Å². The van der Waals surface area contributed by atoms with Crippen LogP contribution in [0, 0.1) is 0 Å². The van der Waals surface area contributed by atoms with Crippen LogP contribution in [0.25, 0.3) is 0 Å². The van der Waals surface area contributed by atoms with Crippen LogP contribution >= 0.6 is 0 Å². The van der Waals surface area contributed by atoms with Crippen LogP contribution in [0.2, 0.25) is 0 Å². The zero-order valence-corrected chi connectivity index (χ0v) is 23.5. The van der Waals surface area contributed by atoms with Gasteiger partial charge < -0.3 is 52.1 Å². The first-order valence-electron chi connectivity index (χ1n) is 13.8. The van der Waals surface area contributed by atoms with Crippen molar-refractivity contribution in [1.82, 2.24) is 0 Å². The Bertz CT molecular complexity index is 358. The molecule has 0 radical (unpaired) electrons. The molecule has 11 heteroatoms. The number of rotatable bonds is 34. The Labute approximate surface area is 224 Å². The first-order valence-corrected chi connectivity index (χ1v) is 13.8. The van der Waals surface area contributed by atoms with E-state index in [1.807, 2.05) is 0 Å². The van der Waals surface area contributed by atoms with Gasteiger partial charge in [0.1, 0.15) is 0 Å². The number of hydrogen-bond acceptors (Lipinski definition) is 11. The van der Waals surface area contributed by atoms with E-state index in [2.05, 4.69) is 13.8 Å². The molecule has 0 bridgehead atoms. The van der Waals surface area contributed by atoms with Gasteiger partial charge in [0, 0.05) is 13.2 Å². The van der Waals surface area contributed by atoms with Gasteiger partial charge in [-0.05, 0) is 12.8 Å². The smallest absolute Gasteiger partial charge is 0.0701 e. The molecule has 0 atom stereocenters. The zero-order valence-electron chi connectivity index (χ0n) is 23.5. The van der Waals surface area contributed by atoms with E-state index < -0.39 is 0 Å². The van der Waals surface area contributed by atoms with Gasteiger partial charge in [0.05, 0.1) is 132 Å². The second-order valence-corrected chi connectivity index (χ2v) is 7.74. The molecule has 0 saturated carbocycles. The van der Waals surface area contributed by atoms with Crippen molar-refractivity contribution in [3.8, 4) is 0 Å². The van der Waals surface area contributed by atoms with Crippen LogP contribution in [-0.2, 0) is 52.1 Å². The summed E-state index contributed by atoms with van der Waals surface area (Å²) in [5.41, 5.74) is 0. The van der Waals surface area contributed by atoms with E-state index in [0.717, 1.165) is 26.1 Å². The minimum Gasteiger partial charge on any atom is -0.379 e. The van der Waals surface area contributed by atoms with Crippen molar-refractivity contribution in [3.63, 3.8) is 0 Å². The largest absolute Gasteiger partial charge is 0.379 e. The maximum Gasteiger partial charge on any atom is 0.0701 e. The van der Waals surface area contributed by atoms with Crippen LogP contribution in [0.1, 0.15) is 26.7 Å². The molecule has 0 aliphatic rings. The fourth-order valence-corrected chi connectivity index (χ4v) is 2.59. The molecule has 0 amide bonds. The van der Waals surface area contributed by atoms with Crippen molar-refractivity contribution in [2.45, 2.75) is 26.7 Å². The Kier molecular flexibility index (Phi) is 35.1. The Balaban J connectivity index is 3.00. The van der Waals surface area contributed by atoms with Crippen molar-refractivity contribution >= 4 is 0 Å². The molecule has 0 fully saturated rings. The Morgan fingerprint density at radius 2 is 0.297 bits per heavy atom. The molecule has 224 valence electrons. The highest BCUT2D eigenvalue weighted by atomic mass is 16.6. The highest BCUT2D eigenvalue weighted by Gasteiger charge is 1.96. The Morgan fingerprint density at radius 3 is 0.405 bits per heavy atom. The quantitative estimate of drug-likeness (QED) is 0.112. The van der Waals surface area contributed by atoms with Crippen molar-refractivity contribution in [3.05, 3.63) is 0 Å². The van der Waals surface area contributed by atoms with Crippen LogP contribution in [0.3, 0.4) is 0 Å². The summed E-state index contributed by atoms with van der Waals surface area (Å²) in [6, 6.07) is 0. The minimum absolute atomic E-state index is 0.527. The average molecular weight is 543 g/mol. The normalized spacial score (nSPS) is 11.5. The van der Waals surface area contributed by atoms with Crippen LogP contribution in [0.4, 0.5) is 0 Å². The van der Waals surface area contributed by atoms with Crippen molar-refractivity contribution in [2.24, 2.45) is 0 Å². The monoisotopic (exact) mass is 542 g/mol. The van der Waals surface area contributed by atoms with Gasteiger partial charge in [-0.1, -0.05) is 13.8 Å². The summed E-state index contributed by atoms with van der Waals surface area (Å²) >= 11 is 0. The highest BCUT2D eigenvalue weighted by molar-refractivity contribution is 4.39. The fourth-order valence-electron chi connectivity index (χ4n) is 2.59. The maximum absolute atomic E-state index is 5.46. The summed E-state index contributed by atoms with van der Waals surface area (Å²) in [4.78, 5) is 0. The summed E-state index contributed by atoms with van der Waals surface area (Å²) in [5, 5.41) is 0. The molecule has 0 aliphatic heterocycles. The van der Waals surface area contributed by atoms with E-state index in [4.69, 9.17) is 52.1 Å². The van der Waals surface area contributed by atoms with E-state index in [1.165, 1.54) is 0 Å². The summed E-state index contributed by atoms with van der Waals surface area (Å²) < 4.78 is 59.6. The lowest BCUT2D eigenvalue weighted by molar-refractivity contribution is -0.0274. The van der Waals surface area contributed by atoms with Crippen molar-refractivity contribution in [1.29, 1.82) is 0 Å². The predicted molar refractivity (Wildman–Crippen MR) is 140 cm³/mol. The van der Waals surface area contributed by atoms with Gasteiger partial charge >= 0.3 is 0 Å². The molecule has 0 aromatic heterocycles. The van der Waals surface area contributed by atoms with Gasteiger partial charge in [0.15, 0.2) is 0 Å². The van der Waals surface area contributed by atoms with Gasteiger partial charge in [-0.2, -0.15) is 0 Å². The lowest BCUT2D eigenvalue weighted by atomic mass is 10.5. The molecule has 0 aromatic carbocycles. The molecule has 0 saturated heterocycles. The summed E-state index contributed by atoms with van der Waals surface area (Å²) in [6.07, 6.45) is 2.06. The topological polar surface area (TPSA) is 102 Å². The Morgan fingerprint density at radius 1 is 0.189 bits per heavy atom. The second-order valence-electron chi connectivity index (χ2n) is 7.74. The van der Waals surface area contributed by atoms with Crippen LogP contribution in [0.5, 0.6) is 0 Å². The zero-order chi connectivity index (χ0) is 26.7.